The molecule has 0 saturated heterocycles. The fraction of sp³-hybridized carbons (Fsp3) is 0.407. The number of nitrogens with two attached hydrogens (primary N) is 1. The molecule has 1 aliphatic heterocycles. The van der Waals surface area contributed by atoms with Gasteiger partial charge in [0.15, 0.2) is 0 Å². The number of fused-ring (bicyclic) bond motifs is 1. The van der Waals surface area contributed by atoms with Crippen LogP contribution in [0.2, 0.25) is 0 Å². The molecule has 0 spiro atoms. The molecule has 12 heteroatoms. The number of benzene rings is 1. The summed E-state index contributed by atoms with van der Waals surface area (Å²) >= 11 is 0. The van der Waals surface area contributed by atoms with Gasteiger partial charge in [-0.3, -0.25) is 14.7 Å². The second-order valence-corrected chi connectivity index (χ2v) is 10.1. The van der Waals surface area contributed by atoms with E-state index in [0.717, 1.165) is 35.2 Å². The number of nitrogens with one attached hydrogen (secondary N) is 2. The highest BCUT2D eigenvalue weighted by molar-refractivity contribution is 5.89. The van der Waals surface area contributed by atoms with Crippen LogP contribution in [0, 0.1) is 0 Å². The SMILES string of the molecule is CN=CC(=CN)Nc1nccc(-c2ccc3c(c2)CN(CCO)CCC3NC(=O)c2nnc(C3(C)CC3)o2)n1. The third-order valence-electron chi connectivity index (χ3n) is 7.16. The van der Waals surface area contributed by atoms with Crippen molar-refractivity contribution in [3.05, 3.63) is 65.3 Å². The molecule has 1 fully saturated rings. The Hall–Kier alpha value is -4.16. The first-order valence-electron chi connectivity index (χ1n) is 13.0. The summed E-state index contributed by atoms with van der Waals surface area (Å²) in [6, 6.07) is 7.65. The quantitative estimate of drug-likeness (QED) is 0.300. The molecule has 5 rings (SSSR count). The average molecular weight is 532 g/mol. The number of hydrogen-bond donors (Lipinski definition) is 4. The minimum Gasteiger partial charge on any atom is -0.416 e. The van der Waals surface area contributed by atoms with Crippen LogP contribution in [-0.4, -0.2) is 69.0 Å². The molecular weight excluding hydrogens is 498 g/mol. The van der Waals surface area contributed by atoms with Crippen LogP contribution in [-0.2, 0) is 12.0 Å². The Morgan fingerprint density at radius 1 is 1.33 bits per heavy atom. The summed E-state index contributed by atoms with van der Waals surface area (Å²) in [5, 5.41) is 23.9. The van der Waals surface area contributed by atoms with Gasteiger partial charge in [-0.1, -0.05) is 19.1 Å². The molecule has 0 bridgehead atoms. The van der Waals surface area contributed by atoms with E-state index in [4.69, 9.17) is 10.2 Å². The number of allylic oxidation sites excluding steroid dienone is 1. The number of aliphatic imine (C=N–C) groups is 1. The van der Waals surface area contributed by atoms with E-state index in [0.29, 0.717) is 43.6 Å². The maximum atomic E-state index is 13.1. The second-order valence-electron chi connectivity index (χ2n) is 10.1. The summed E-state index contributed by atoms with van der Waals surface area (Å²) in [7, 11) is 1.65. The number of aliphatic hydroxyl groups excluding tert-OH is 1. The molecule has 0 radical (unpaired) electrons. The number of aliphatic hydroxyl groups is 1. The maximum absolute atomic E-state index is 13.1. The molecule has 1 amide bonds. The summed E-state index contributed by atoms with van der Waals surface area (Å²) in [4.78, 5) is 28.1. The molecule has 1 aromatic carbocycles. The lowest BCUT2D eigenvalue weighted by atomic mass is 9.96. The third kappa shape index (κ3) is 5.96. The predicted molar refractivity (Wildman–Crippen MR) is 146 cm³/mol. The summed E-state index contributed by atoms with van der Waals surface area (Å²) < 4.78 is 5.71. The van der Waals surface area contributed by atoms with Gasteiger partial charge in [-0.25, -0.2) is 9.97 Å². The van der Waals surface area contributed by atoms with Crippen LogP contribution >= 0.6 is 0 Å². The van der Waals surface area contributed by atoms with Crippen molar-refractivity contribution in [1.82, 2.24) is 30.4 Å². The van der Waals surface area contributed by atoms with E-state index >= 15 is 0 Å². The number of hydrogen-bond acceptors (Lipinski definition) is 11. The smallest absolute Gasteiger partial charge is 0.309 e. The average Bonchev–Trinajstić information content (AvgIpc) is 3.53. The zero-order valence-electron chi connectivity index (χ0n) is 22.1. The van der Waals surface area contributed by atoms with Gasteiger partial charge in [0, 0.05) is 56.3 Å². The molecule has 3 aromatic rings. The Bertz CT molecular complexity index is 1400. The maximum Gasteiger partial charge on any atom is 0.309 e. The van der Waals surface area contributed by atoms with Crippen molar-refractivity contribution in [2.45, 2.75) is 44.2 Å². The van der Waals surface area contributed by atoms with Crippen LogP contribution in [0.5, 0.6) is 0 Å². The Morgan fingerprint density at radius 2 is 2.18 bits per heavy atom. The van der Waals surface area contributed by atoms with E-state index in [1.165, 1.54) is 6.20 Å². The normalized spacial score (nSPS) is 18.9. The summed E-state index contributed by atoms with van der Waals surface area (Å²) in [5.41, 5.74) is 9.79. The standard InChI is InChI=1S/C27H33N9O3/c1-27(7-8-27)25-35-34-24(39-25)23(38)32-22-6-10-36(11-12-37)16-18-13-17(3-4-20(18)22)21-5-9-30-26(33-21)31-19(14-28)15-29-2/h3-5,9,13-15,22,37H,6-8,10-12,16,28H2,1-2H3,(H,32,38)(H,30,31,33). The topological polar surface area (TPSA) is 168 Å². The molecule has 1 saturated carbocycles. The molecule has 5 N–H and O–H groups in total. The van der Waals surface area contributed by atoms with Gasteiger partial charge < -0.3 is 25.9 Å². The monoisotopic (exact) mass is 531 g/mol. The van der Waals surface area contributed by atoms with Crippen LogP contribution in [0.15, 0.2) is 51.8 Å². The van der Waals surface area contributed by atoms with E-state index in [9.17, 15) is 9.90 Å². The van der Waals surface area contributed by atoms with Gasteiger partial charge in [0.2, 0.25) is 11.8 Å². The lowest BCUT2D eigenvalue weighted by Crippen LogP contribution is -2.31. The first-order valence-corrected chi connectivity index (χ1v) is 13.0. The molecule has 12 nitrogen and oxygen atoms in total. The highest BCUT2D eigenvalue weighted by Crippen LogP contribution is 2.46. The van der Waals surface area contributed by atoms with E-state index < -0.39 is 0 Å². The van der Waals surface area contributed by atoms with Gasteiger partial charge in [-0.2, -0.15) is 0 Å². The Balaban J connectivity index is 1.40. The van der Waals surface area contributed by atoms with Crippen molar-refractivity contribution in [3.63, 3.8) is 0 Å². The summed E-state index contributed by atoms with van der Waals surface area (Å²) in [6.07, 6.45) is 7.30. The number of aromatic nitrogens is 4. The summed E-state index contributed by atoms with van der Waals surface area (Å²) in [6.45, 7) is 3.97. The van der Waals surface area contributed by atoms with Gasteiger partial charge in [-0.05, 0) is 42.5 Å². The van der Waals surface area contributed by atoms with Crippen molar-refractivity contribution < 1.29 is 14.3 Å². The van der Waals surface area contributed by atoms with Crippen LogP contribution in [0.3, 0.4) is 0 Å². The van der Waals surface area contributed by atoms with E-state index in [2.05, 4.69) is 53.7 Å². The van der Waals surface area contributed by atoms with E-state index in [1.54, 1.807) is 19.5 Å². The molecular formula is C27H33N9O3. The van der Waals surface area contributed by atoms with Crippen LogP contribution in [0.1, 0.15) is 59.9 Å². The number of anilines is 1. The van der Waals surface area contributed by atoms with Crippen molar-refractivity contribution in [1.29, 1.82) is 0 Å². The number of amides is 1. The Labute approximate surface area is 226 Å². The molecule has 3 heterocycles. The van der Waals surface area contributed by atoms with Crippen molar-refractivity contribution in [2.75, 3.05) is 32.1 Å². The predicted octanol–water partition coefficient (Wildman–Crippen LogP) is 2.16. The van der Waals surface area contributed by atoms with Gasteiger partial charge in [0.25, 0.3) is 0 Å². The number of β-amino-alcohol motifs (C(OH)–C–C–N with tert-alkyl or cyclic N) is 1. The Kier molecular flexibility index (Phi) is 7.66. The Morgan fingerprint density at radius 3 is 2.92 bits per heavy atom. The van der Waals surface area contributed by atoms with Crippen LogP contribution in [0.4, 0.5) is 5.95 Å². The number of rotatable bonds is 9. The molecule has 1 unspecified atom stereocenters. The van der Waals surface area contributed by atoms with Gasteiger partial charge >= 0.3 is 11.8 Å². The van der Waals surface area contributed by atoms with Gasteiger partial charge in [0.05, 0.1) is 24.0 Å². The minimum atomic E-state index is -0.389. The first kappa shape index (κ1) is 26.4. The molecule has 204 valence electrons. The fourth-order valence-corrected chi connectivity index (χ4v) is 4.66. The molecule has 1 atom stereocenters. The fourth-order valence-electron chi connectivity index (χ4n) is 4.66. The second kappa shape index (κ2) is 11.3. The first-order chi connectivity index (χ1) is 18.9. The van der Waals surface area contributed by atoms with Crippen molar-refractivity contribution in [2.24, 2.45) is 10.7 Å². The zero-order chi connectivity index (χ0) is 27.4. The minimum absolute atomic E-state index is 0.0206. The highest BCUT2D eigenvalue weighted by Gasteiger charge is 2.44. The number of carbonyl (C=O) groups excluding carboxylic acids is 1. The van der Waals surface area contributed by atoms with Gasteiger partial charge in [-0.15, -0.1) is 10.2 Å². The number of carbonyl (C=O) groups is 1. The van der Waals surface area contributed by atoms with Crippen molar-refractivity contribution in [3.8, 4) is 11.3 Å². The zero-order valence-corrected chi connectivity index (χ0v) is 22.1. The lowest BCUT2D eigenvalue weighted by Gasteiger charge is -2.19. The highest BCUT2D eigenvalue weighted by atomic mass is 16.4. The molecule has 1 aliphatic carbocycles. The van der Waals surface area contributed by atoms with Crippen molar-refractivity contribution >= 4 is 18.1 Å². The molecule has 2 aromatic heterocycles. The third-order valence-corrected chi connectivity index (χ3v) is 7.16. The molecule has 39 heavy (non-hydrogen) atoms. The van der Waals surface area contributed by atoms with Gasteiger partial charge in [0.1, 0.15) is 0 Å². The van der Waals surface area contributed by atoms with Crippen LogP contribution in [0.25, 0.3) is 11.3 Å². The van der Waals surface area contributed by atoms with E-state index in [1.807, 2.05) is 18.2 Å². The lowest BCUT2D eigenvalue weighted by molar-refractivity contribution is 0.0894. The van der Waals surface area contributed by atoms with Crippen LogP contribution < -0.4 is 16.4 Å². The summed E-state index contributed by atoms with van der Waals surface area (Å²) in [5.74, 6) is 0.500. The molecule has 2 aliphatic rings. The largest absolute Gasteiger partial charge is 0.416 e. The van der Waals surface area contributed by atoms with E-state index in [-0.39, 0.29) is 29.9 Å². The number of nitrogens with zero attached hydrogens (tertiary/aromatic N) is 6.